The van der Waals surface area contributed by atoms with Gasteiger partial charge in [-0.05, 0) is 93.9 Å². The van der Waals surface area contributed by atoms with Gasteiger partial charge < -0.3 is 24.3 Å². The van der Waals surface area contributed by atoms with E-state index in [0.29, 0.717) is 58.4 Å². The number of aromatic nitrogens is 3. The zero-order valence-corrected chi connectivity index (χ0v) is 26.9. The van der Waals surface area contributed by atoms with Crippen LogP contribution in [0.1, 0.15) is 92.5 Å². The van der Waals surface area contributed by atoms with Crippen molar-refractivity contribution in [3.63, 3.8) is 0 Å². The molecular formula is C33H49N7O5. The fraction of sp³-hybridized carbons (Fsp3) is 0.667. The van der Waals surface area contributed by atoms with Crippen molar-refractivity contribution in [3.8, 4) is 0 Å². The van der Waals surface area contributed by atoms with Gasteiger partial charge in [-0.2, -0.15) is 0 Å². The molecule has 0 spiro atoms. The molecule has 45 heavy (non-hydrogen) atoms. The summed E-state index contributed by atoms with van der Waals surface area (Å²) in [7, 11) is 0. The molecule has 0 radical (unpaired) electrons. The van der Waals surface area contributed by atoms with E-state index in [-0.39, 0.29) is 30.1 Å². The molecule has 1 aliphatic rings. The third-order valence-corrected chi connectivity index (χ3v) is 7.88. The van der Waals surface area contributed by atoms with Crippen molar-refractivity contribution >= 4 is 11.7 Å². The molecule has 12 heteroatoms. The summed E-state index contributed by atoms with van der Waals surface area (Å²) in [5.74, 6) is 0.867. The van der Waals surface area contributed by atoms with E-state index in [4.69, 9.17) is 24.7 Å². The lowest BCUT2D eigenvalue weighted by Crippen LogP contribution is -2.36. The monoisotopic (exact) mass is 623 g/mol. The summed E-state index contributed by atoms with van der Waals surface area (Å²) in [6, 6.07) is 4.35. The van der Waals surface area contributed by atoms with E-state index in [1.54, 1.807) is 6.92 Å². The molecule has 1 aliphatic carbocycles. The highest BCUT2D eigenvalue weighted by Crippen LogP contribution is 2.26. The first-order chi connectivity index (χ1) is 21.9. The van der Waals surface area contributed by atoms with Crippen molar-refractivity contribution in [1.29, 1.82) is 0 Å². The Morgan fingerprint density at radius 2 is 1.69 bits per heavy atom. The van der Waals surface area contributed by atoms with Crippen LogP contribution in [-0.2, 0) is 43.1 Å². The van der Waals surface area contributed by atoms with Crippen LogP contribution >= 0.6 is 0 Å². The van der Waals surface area contributed by atoms with Gasteiger partial charge in [0.15, 0.2) is 0 Å². The molecule has 1 N–H and O–H groups in total. The number of aryl methyl sites for hydroxylation is 4. The van der Waals surface area contributed by atoms with Crippen LogP contribution < -0.4 is 5.32 Å². The van der Waals surface area contributed by atoms with Gasteiger partial charge in [-0.25, -0.2) is 9.97 Å². The Kier molecular flexibility index (Phi) is 17.1. The molecule has 3 rings (SSSR count). The third-order valence-electron chi connectivity index (χ3n) is 7.88. The maximum Gasteiger partial charge on any atom is 0.222 e. The van der Waals surface area contributed by atoms with E-state index in [0.717, 1.165) is 56.2 Å². The number of Topliss-reactive ketones (excluding diaryl/α,β-unsaturated/α-hetero) is 1. The Morgan fingerprint density at radius 1 is 0.978 bits per heavy atom. The Bertz CT molecular complexity index is 1220. The summed E-state index contributed by atoms with van der Waals surface area (Å²) in [6.07, 6.45) is 13.0. The fourth-order valence-corrected chi connectivity index (χ4v) is 5.49. The highest BCUT2D eigenvalue weighted by Gasteiger charge is 2.19. The van der Waals surface area contributed by atoms with Gasteiger partial charge in [-0.15, -0.1) is 0 Å². The molecule has 0 aromatic carbocycles. The van der Waals surface area contributed by atoms with Gasteiger partial charge in [0, 0.05) is 54.1 Å². The zero-order chi connectivity index (χ0) is 32.1. The van der Waals surface area contributed by atoms with Crippen molar-refractivity contribution in [2.45, 2.75) is 96.4 Å². The molecule has 0 aliphatic heterocycles. The Balaban J connectivity index is 1.45. The predicted molar refractivity (Wildman–Crippen MR) is 171 cm³/mol. The van der Waals surface area contributed by atoms with Crippen LogP contribution in [0.3, 0.4) is 0 Å². The molecule has 1 unspecified atom stereocenters. The van der Waals surface area contributed by atoms with Crippen LogP contribution in [0.5, 0.6) is 0 Å². The second kappa shape index (κ2) is 21.3. The maximum absolute atomic E-state index is 12.9. The number of nitrogens with zero attached hydrogens (tertiary/aromatic N) is 6. The topological polar surface area (TPSA) is 161 Å². The molecule has 0 bridgehead atoms. The average Bonchev–Trinajstić information content (AvgIpc) is 3.03. The van der Waals surface area contributed by atoms with Crippen molar-refractivity contribution in [2.24, 2.45) is 5.11 Å². The minimum atomic E-state index is -0.0417. The van der Waals surface area contributed by atoms with Crippen LogP contribution in [0.4, 0.5) is 0 Å². The molecule has 2 heterocycles. The minimum absolute atomic E-state index is 0.00948. The summed E-state index contributed by atoms with van der Waals surface area (Å²) in [5.41, 5.74) is 12.9. The summed E-state index contributed by atoms with van der Waals surface area (Å²) in [6.45, 7) is 6.08. The van der Waals surface area contributed by atoms with E-state index in [1.807, 2.05) is 19.3 Å². The van der Waals surface area contributed by atoms with Gasteiger partial charge in [0.1, 0.15) is 11.6 Å². The van der Waals surface area contributed by atoms with Gasteiger partial charge in [0.2, 0.25) is 5.91 Å². The second-order valence-electron chi connectivity index (χ2n) is 11.6. The number of ether oxygens (including phenoxy) is 3. The van der Waals surface area contributed by atoms with Crippen LogP contribution in [0.25, 0.3) is 10.4 Å². The molecule has 12 nitrogen and oxygen atoms in total. The van der Waals surface area contributed by atoms with Crippen LogP contribution in [-0.4, -0.2) is 78.9 Å². The molecule has 2 atom stereocenters. The normalized spacial score (nSPS) is 13.8. The summed E-state index contributed by atoms with van der Waals surface area (Å²) >= 11 is 0. The molecule has 0 saturated carbocycles. The number of pyridine rings is 1. The Hall–Kier alpha value is -3.44. The van der Waals surface area contributed by atoms with E-state index in [1.165, 1.54) is 24.1 Å². The first-order valence-electron chi connectivity index (χ1n) is 16.2. The largest absolute Gasteiger partial charge is 0.379 e. The van der Waals surface area contributed by atoms with Crippen molar-refractivity contribution in [1.82, 2.24) is 20.3 Å². The number of rotatable bonds is 23. The van der Waals surface area contributed by atoms with Crippen molar-refractivity contribution in [2.75, 3.05) is 46.2 Å². The van der Waals surface area contributed by atoms with Crippen LogP contribution in [0, 0.1) is 6.92 Å². The van der Waals surface area contributed by atoms with E-state index >= 15 is 0 Å². The van der Waals surface area contributed by atoms with Crippen LogP contribution in [0.15, 0.2) is 29.6 Å². The number of fused-ring (bicyclic) bond motifs is 1. The highest BCUT2D eigenvalue weighted by atomic mass is 16.5. The number of hydrogen-bond donors (Lipinski definition) is 1. The lowest BCUT2D eigenvalue weighted by Gasteiger charge is -2.21. The SMILES string of the molecule is CC(=O)C[C@H](CCCC(CCc1ccc2c(n1)CCCC2)NC(=O)CCOCCOCCOCCN=[N+]=[N-])c1cnc(C)nc1. The number of hydrogen-bond acceptors (Lipinski definition) is 9. The Labute approximate surface area is 266 Å². The van der Waals surface area contributed by atoms with Gasteiger partial charge in [-0.1, -0.05) is 17.6 Å². The average molecular weight is 624 g/mol. The molecule has 1 amide bonds. The van der Waals surface area contributed by atoms with Gasteiger partial charge in [0.25, 0.3) is 0 Å². The maximum atomic E-state index is 12.9. The quantitative estimate of drug-likeness (QED) is 0.0768. The molecular weight excluding hydrogens is 574 g/mol. The number of carbonyl (C=O) groups excluding carboxylic acids is 2. The summed E-state index contributed by atoms with van der Waals surface area (Å²) in [4.78, 5) is 41.2. The van der Waals surface area contributed by atoms with E-state index in [2.05, 4.69) is 37.4 Å². The lowest BCUT2D eigenvalue weighted by molar-refractivity contribution is -0.123. The first-order valence-corrected chi connectivity index (χ1v) is 16.2. The standard InChI is InChI=1S/C33H49N7O5/c1-25(41)22-28(29-23-35-26(2)36-24-29)7-5-8-30(12-13-31-11-10-27-6-3-4-9-32(27)38-31)39-33(42)14-16-43-18-20-45-21-19-44-17-15-37-40-34/h10-11,23-24,28,30H,3-9,12-22H2,1-2H3,(H,39,42)/t28-,30?/m0/s1. The number of amides is 1. The smallest absolute Gasteiger partial charge is 0.222 e. The van der Waals surface area contributed by atoms with Crippen LogP contribution in [0.2, 0.25) is 0 Å². The third kappa shape index (κ3) is 14.9. The van der Waals surface area contributed by atoms with Crippen molar-refractivity contribution in [3.05, 3.63) is 63.3 Å². The second-order valence-corrected chi connectivity index (χ2v) is 11.6. The van der Waals surface area contributed by atoms with E-state index < -0.39 is 0 Å². The molecule has 0 fully saturated rings. The molecule has 246 valence electrons. The zero-order valence-electron chi connectivity index (χ0n) is 26.9. The number of azide groups is 1. The van der Waals surface area contributed by atoms with Gasteiger partial charge >= 0.3 is 0 Å². The van der Waals surface area contributed by atoms with E-state index in [9.17, 15) is 9.59 Å². The first kappa shape index (κ1) is 36.0. The number of nitrogens with one attached hydrogen (secondary N) is 1. The lowest BCUT2D eigenvalue weighted by atomic mass is 9.89. The van der Waals surface area contributed by atoms with Gasteiger partial charge in [-0.3, -0.25) is 9.78 Å². The summed E-state index contributed by atoms with van der Waals surface area (Å²) in [5, 5.41) is 6.63. The number of ketones is 1. The molecule has 0 saturated heterocycles. The van der Waals surface area contributed by atoms with Crippen molar-refractivity contribution < 1.29 is 23.8 Å². The van der Waals surface area contributed by atoms with Gasteiger partial charge in [0.05, 0.1) is 39.6 Å². The fourth-order valence-electron chi connectivity index (χ4n) is 5.49. The Morgan fingerprint density at radius 3 is 2.42 bits per heavy atom. The molecule has 2 aromatic rings. The predicted octanol–water partition coefficient (Wildman–Crippen LogP) is 5.16. The minimum Gasteiger partial charge on any atom is -0.379 e. The number of carbonyl (C=O) groups is 2. The molecule has 2 aromatic heterocycles. The summed E-state index contributed by atoms with van der Waals surface area (Å²) < 4.78 is 16.3. The highest BCUT2D eigenvalue weighted by molar-refractivity contribution is 5.76.